The number of methoxy groups -OCH3 is 2. The molecule has 0 aromatic heterocycles. The van der Waals surface area contributed by atoms with E-state index in [2.05, 4.69) is 25.1 Å². The molecule has 3 heteroatoms. The van der Waals surface area contributed by atoms with Gasteiger partial charge in [0.25, 0.3) is 0 Å². The molecule has 116 valence electrons. The quantitative estimate of drug-likeness (QED) is 0.839. The van der Waals surface area contributed by atoms with Crippen LogP contribution in [0.3, 0.4) is 0 Å². The van der Waals surface area contributed by atoms with E-state index >= 15 is 0 Å². The molecular formula is C20H19NO2. The molecular weight excluding hydrogens is 286 g/mol. The van der Waals surface area contributed by atoms with E-state index in [1.807, 2.05) is 36.4 Å². The fourth-order valence-corrected chi connectivity index (χ4v) is 3.29. The average Bonchev–Trinajstić information content (AvgIpc) is 2.61. The van der Waals surface area contributed by atoms with Crippen LogP contribution in [0.2, 0.25) is 0 Å². The SMILES string of the molecule is CCC1(C#N)/C(=C/c2ccc(OC)c(OC)c2)c2ccccc21. The van der Waals surface area contributed by atoms with E-state index in [0.29, 0.717) is 11.5 Å². The molecule has 0 radical (unpaired) electrons. The number of rotatable bonds is 4. The first kappa shape index (κ1) is 15.2. The molecule has 3 nitrogen and oxygen atoms in total. The Morgan fingerprint density at radius 2 is 1.83 bits per heavy atom. The topological polar surface area (TPSA) is 42.2 Å². The summed E-state index contributed by atoms with van der Waals surface area (Å²) in [6, 6.07) is 16.4. The number of fused-ring (bicyclic) bond motifs is 1. The summed E-state index contributed by atoms with van der Waals surface area (Å²) in [5.74, 6) is 1.39. The van der Waals surface area contributed by atoms with E-state index in [9.17, 15) is 5.26 Å². The zero-order valence-electron chi connectivity index (χ0n) is 13.6. The largest absolute Gasteiger partial charge is 0.493 e. The van der Waals surface area contributed by atoms with Crippen LogP contribution in [0.1, 0.15) is 30.0 Å². The second kappa shape index (κ2) is 5.81. The maximum absolute atomic E-state index is 9.78. The molecule has 23 heavy (non-hydrogen) atoms. The second-order valence-corrected chi connectivity index (χ2v) is 5.59. The second-order valence-electron chi connectivity index (χ2n) is 5.59. The minimum Gasteiger partial charge on any atom is -0.493 e. The van der Waals surface area contributed by atoms with E-state index < -0.39 is 5.41 Å². The Labute approximate surface area is 136 Å². The Balaban J connectivity index is 2.11. The molecule has 0 aliphatic heterocycles. The van der Waals surface area contributed by atoms with Crippen molar-refractivity contribution in [2.75, 3.05) is 14.2 Å². The Morgan fingerprint density at radius 3 is 2.48 bits per heavy atom. The third-order valence-electron chi connectivity index (χ3n) is 4.58. The predicted molar refractivity (Wildman–Crippen MR) is 91.4 cm³/mol. The lowest BCUT2D eigenvalue weighted by Crippen LogP contribution is -2.35. The maximum atomic E-state index is 9.78. The van der Waals surface area contributed by atoms with E-state index in [4.69, 9.17) is 9.47 Å². The molecule has 1 aliphatic carbocycles. The van der Waals surface area contributed by atoms with Crippen LogP contribution >= 0.6 is 0 Å². The maximum Gasteiger partial charge on any atom is 0.161 e. The molecule has 3 rings (SSSR count). The summed E-state index contributed by atoms with van der Waals surface area (Å²) in [4.78, 5) is 0. The molecule has 2 aromatic rings. The summed E-state index contributed by atoms with van der Waals surface area (Å²) in [6.45, 7) is 2.06. The summed E-state index contributed by atoms with van der Waals surface area (Å²) in [7, 11) is 3.25. The van der Waals surface area contributed by atoms with Crippen LogP contribution in [0.5, 0.6) is 11.5 Å². The number of nitrogens with zero attached hydrogens (tertiary/aromatic N) is 1. The van der Waals surface area contributed by atoms with Crippen LogP contribution in [0.4, 0.5) is 0 Å². The lowest BCUT2D eigenvalue weighted by Gasteiger charge is -2.41. The Hall–Kier alpha value is -2.73. The van der Waals surface area contributed by atoms with Crippen molar-refractivity contribution in [1.29, 1.82) is 5.26 Å². The highest BCUT2D eigenvalue weighted by Crippen LogP contribution is 2.53. The van der Waals surface area contributed by atoms with E-state index in [0.717, 1.165) is 28.7 Å². The van der Waals surface area contributed by atoms with Gasteiger partial charge in [-0.2, -0.15) is 5.26 Å². The molecule has 0 N–H and O–H groups in total. The first-order chi connectivity index (χ1) is 11.2. The van der Waals surface area contributed by atoms with Crippen LogP contribution in [0.15, 0.2) is 42.5 Å². The Morgan fingerprint density at radius 1 is 1.09 bits per heavy atom. The fourth-order valence-electron chi connectivity index (χ4n) is 3.29. The van der Waals surface area contributed by atoms with Crippen molar-refractivity contribution >= 4 is 11.6 Å². The van der Waals surface area contributed by atoms with Crippen LogP contribution < -0.4 is 9.47 Å². The van der Waals surface area contributed by atoms with Gasteiger partial charge in [0, 0.05) is 0 Å². The van der Waals surface area contributed by atoms with Crippen molar-refractivity contribution in [3.05, 3.63) is 59.2 Å². The molecule has 0 heterocycles. The average molecular weight is 305 g/mol. The fraction of sp³-hybridized carbons (Fsp3) is 0.250. The Kier molecular flexibility index (Phi) is 3.83. The minimum atomic E-state index is -0.510. The van der Waals surface area contributed by atoms with Gasteiger partial charge in [0.15, 0.2) is 11.5 Å². The van der Waals surface area contributed by atoms with Crippen molar-refractivity contribution < 1.29 is 9.47 Å². The number of hydrogen-bond acceptors (Lipinski definition) is 3. The minimum absolute atomic E-state index is 0.510. The lowest BCUT2D eigenvalue weighted by atomic mass is 9.59. The highest BCUT2D eigenvalue weighted by Gasteiger charge is 2.46. The molecule has 1 unspecified atom stereocenters. The number of nitriles is 1. The summed E-state index contributed by atoms with van der Waals surface area (Å²) >= 11 is 0. The van der Waals surface area contributed by atoms with Crippen molar-refractivity contribution in [2.24, 2.45) is 0 Å². The molecule has 0 amide bonds. The highest BCUT2D eigenvalue weighted by atomic mass is 16.5. The van der Waals surface area contributed by atoms with Gasteiger partial charge in [-0.15, -0.1) is 0 Å². The van der Waals surface area contributed by atoms with Gasteiger partial charge in [0.05, 0.1) is 20.3 Å². The van der Waals surface area contributed by atoms with Gasteiger partial charge in [0.1, 0.15) is 5.41 Å². The van der Waals surface area contributed by atoms with Crippen molar-refractivity contribution in [1.82, 2.24) is 0 Å². The van der Waals surface area contributed by atoms with E-state index in [1.165, 1.54) is 0 Å². The Bertz CT molecular complexity index is 817. The van der Waals surface area contributed by atoms with Crippen LogP contribution in [-0.2, 0) is 5.41 Å². The standard InChI is InChI=1S/C20H19NO2/c1-4-20(13-21)16-8-6-5-7-15(16)17(20)11-14-9-10-18(22-2)19(12-14)23-3/h5-12H,4H2,1-3H3/b17-11+. The van der Waals surface area contributed by atoms with E-state index in [-0.39, 0.29) is 0 Å². The smallest absolute Gasteiger partial charge is 0.161 e. The molecule has 1 aliphatic rings. The summed E-state index contributed by atoms with van der Waals surface area (Å²) in [5, 5.41) is 9.78. The van der Waals surface area contributed by atoms with Gasteiger partial charge >= 0.3 is 0 Å². The molecule has 0 fully saturated rings. The van der Waals surface area contributed by atoms with Gasteiger partial charge in [-0.05, 0) is 46.9 Å². The van der Waals surface area contributed by atoms with Crippen molar-refractivity contribution in [3.63, 3.8) is 0 Å². The number of hydrogen-bond donors (Lipinski definition) is 0. The van der Waals surface area contributed by atoms with Crippen molar-refractivity contribution in [3.8, 4) is 17.6 Å². The van der Waals surface area contributed by atoms with Gasteiger partial charge in [-0.1, -0.05) is 37.3 Å². The molecule has 0 bridgehead atoms. The van der Waals surface area contributed by atoms with E-state index in [1.54, 1.807) is 14.2 Å². The highest BCUT2D eigenvalue weighted by molar-refractivity contribution is 5.99. The predicted octanol–water partition coefficient (Wildman–Crippen LogP) is 4.43. The van der Waals surface area contributed by atoms with Gasteiger partial charge < -0.3 is 9.47 Å². The molecule has 2 aromatic carbocycles. The summed E-state index contributed by atoms with van der Waals surface area (Å²) in [5.41, 5.74) is 3.84. The zero-order valence-corrected chi connectivity index (χ0v) is 13.6. The molecule has 0 saturated carbocycles. The summed E-state index contributed by atoms with van der Waals surface area (Å²) in [6.07, 6.45) is 2.84. The third-order valence-corrected chi connectivity index (χ3v) is 4.58. The van der Waals surface area contributed by atoms with Crippen LogP contribution in [0, 0.1) is 11.3 Å². The lowest BCUT2D eigenvalue weighted by molar-refractivity contribution is 0.355. The normalized spacial score (nSPS) is 20.3. The first-order valence-corrected chi connectivity index (χ1v) is 7.65. The van der Waals surface area contributed by atoms with Gasteiger partial charge in [0.2, 0.25) is 0 Å². The summed E-state index contributed by atoms with van der Waals surface area (Å²) < 4.78 is 10.6. The monoisotopic (exact) mass is 305 g/mol. The number of ether oxygens (including phenoxy) is 2. The molecule has 0 spiro atoms. The van der Waals surface area contributed by atoms with Crippen LogP contribution in [-0.4, -0.2) is 14.2 Å². The third kappa shape index (κ3) is 2.19. The molecule has 0 saturated heterocycles. The van der Waals surface area contributed by atoms with Crippen molar-refractivity contribution in [2.45, 2.75) is 18.8 Å². The van der Waals surface area contributed by atoms with Gasteiger partial charge in [-0.25, -0.2) is 0 Å². The number of benzene rings is 2. The molecule has 1 atom stereocenters. The zero-order chi connectivity index (χ0) is 16.4. The van der Waals surface area contributed by atoms with Gasteiger partial charge in [-0.3, -0.25) is 0 Å². The van der Waals surface area contributed by atoms with Crippen LogP contribution in [0.25, 0.3) is 11.6 Å². The first-order valence-electron chi connectivity index (χ1n) is 7.65. The number of allylic oxidation sites excluding steroid dienone is 1.